The van der Waals surface area contributed by atoms with Crippen molar-refractivity contribution < 1.29 is 9.47 Å². The third-order valence-electron chi connectivity index (χ3n) is 4.00. The van der Waals surface area contributed by atoms with Crippen molar-refractivity contribution in [1.29, 1.82) is 0 Å². The molecule has 2 N–H and O–H groups in total. The van der Waals surface area contributed by atoms with Crippen LogP contribution in [0.4, 0.5) is 17.3 Å². The number of methoxy groups -OCH3 is 2. The lowest BCUT2D eigenvalue weighted by molar-refractivity contribution is 0.405. The predicted octanol–water partition coefficient (Wildman–Crippen LogP) is 4.41. The van der Waals surface area contributed by atoms with Crippen LogP contribution in [-0.2, 0) is 0 Å². The Bertz CT molecular complexity index is 855. The number of ether oxygens (including phenoxy) is 2. The number of benzene rings is 2. The van der Waals surface area contributed by atoms with Crippen LogP contribution in [0.15, 0.2) is 60.9 Å². The van der Waals surface area contributed by atoms with E-state index in [4.69, 9.17) is 9.47 Å². The van der Waals surface area contributed by atoms with Crippen molar-refractivity contribution in [3.05, 3.63) is 66.5 Å². The van der Waals surface area contributed by atoms with Gasteiger partial charge in [0.2, 0.25) is 0 Å². The SMILES string of the molecule is COc1ccc(OC)c(Nc2cc(NC(C)c3ccccc3)ncn2)c1. The first kappa shape index (κ1) is 17.5. The normalized spacial score (nSPS) is 11.5. The first-order chi connectivity index (χ1) is 12.7. The summed E-state index contributed by atoms with van der Waals surface area (Å²) in [6, 6.07) is 17.8. The highest BCUT2D eigenvalue weighted by molar-refractivity contribution is 5.67. The molecule has 2 aromatic carbocycles. The molecule has 0 radical (unpaired) electrons. The van der Waals surface area contributed by atoms with E-state index < -0.39 is 0 Å². The molecule has 1 unspecified atom stereocenters. The highest BCUT2D eigenvalue weighted by Crippen LogP contribution is 2.31. The Morgan fingerprint density at radius 3 is 2.38 bits per heavy atom. The Kier molecular flexibility index (Phi) is 5.53. The van der Waals surface area contributed by atoms with E-state index in [1.165, 1.54) is 11.9 Å². The quantitative estimate of drug-likeness (QED) is 0.658. The number of rotatable bonds is 7. The van der Waals surface area contributed by atoms with Crippen molar-refractivity contribution in [3.8, 4) is 11.5 Å². The minimum atomic E-state index is 0.130. The highest BCUT2D eigenvalue weighted by atomic mass is 16.5. The molecular formula is C20H22N4O2. The third kappa shape index (κ3) is 4.22. The van der Waals surface area contributed by atoms with Crippen molar-refractivity contribution >= 4 is 17.3 Å². The predicted molar refractivity (Wildman–Crippen MR) is 103 cm³/mol. The summed E-state index contributed by atoms with van der Waals surface area (Å²) in [6.45, 7) is 2.09. The molecule has 0 bridgehead atoms. The van der Waals surface area contributed by atoms with Crippen LogP contribution < -0.4 is 20.1 Å². The average Bonchev–Trinajstić information content (AvgIpc) is 2.69. The molecular weight excluding hydrogens is 328 g/mol. The van der Waals surface area contributed by atoms with E-state index in [1.807, 2.05) is 42.5 Å². The van der Waals surface area contributed by atoms with Gasteiger partial charge in [-0.2, -0.15) is 0 Å². The maximum absolute atomic E-state index is 5.39. The highest BCUT2D eigenvalue weighted by Gasteiger charge is 2.09. The largest absolute Gasteiger partial charge is 0.497 e. The van der Waals surface area contributed by atoms with Gasteiger partial charge in [-0.05, 0) is 24.6 Å². The van der Waals surface area contributed by atoms with Crippen molar-refractivity contribution in [1.82, 2.24) is 9.97 Å². The second-order valence-corrected chi connectivity index (χ2v) is 5.76. The number of nitrogens with zero attached hydrogens (tertiary/aromatic N) is 2. The van der Waals surface area contributed by atoms with E-state index in [2.05, 4.69) is 39.7 Å². The number of anilines is 3. The van der Waals surface area contributed by atoms with Crippen molar-refractivity contribution in [2.75, 3.05) is 24.9 Å². The summed E-state index contributed by atoms with van der Waals surface area (Å²) in [4.78, 5) is 8.59. The number of nitrogens with one attached hydrogen (secondary N) is 2. The standard InChI is InChI=1S/C20H22N4O2/c1-14(15-7-5-4-6-8-15)23-19-12-20(22-13-21-19)24-17-11-16(25-2)9-10-18(17)26-3/h4-14H,1-3H3,(H2,21,22,23,24). The van der Waals surface area contributed by atoms with Gasteiger partial charge in [0, 0.05) is 18.2 Å². The fourth-order valence-electron chi connectivity index (χ4n) is 2.60. The van der Waals surface area contributed by atoms with E-state index in [0.717, 1.165) is 17.3 Å². The number of aromatic nitrogens is 2. The van der Waals surface area contributed by atoms with E-state index in [-0.39, 0.29) is 6.04 Å². The van der Waals surface area contributed by atoms with Crippen molar-refractivity contribution in [2.45, 2.75) is 13.0 Å². The summed E-state index contributed by atoms with van der Waals surface area (Å²) < 4.78 is 10.7. The Labute approximate surface area is 153 Å². The van der Waals surface area contributed by atoms with Gasteiger partial charge in [-0.1, -0.05) is 30.3 Å². The van der Waals surface area contributed by atoms with Crippen LogP contribution in [-0.4, -0.2) is 24.2 Å². The average molecular weight is 350 g/mol. The van der Waals surface area contributed by atoms with Gasteiger partial charge in [0.15, 0.2) is 0 Å². The summed E-state index contributed by atoms with van der Waals surface area (Å²) in [6.07, 6.45) is 1.52. The second kappa shape index (κ2) is 8.20. The molecule has 0 aliphatic carbocycles. The molecule has 1 heterocycles. The molecule has 26 heavy (non-hydrogen) atoms. The molecule has 0 fully saturated rings. The van der Waals surface area contributed by atoms with E-state index >= 15 is 0 Å². The maximum Gasteiger partial charge on any atom is 0.142 e. The smallest absolute Gasteiger partial charge is 0.142 e. The summed E-state index contributed by atoms with van der Waals surface area (Å²) in [5.41, 5.74) is 1.96. The molecule has 134 valence electrons. The molecule has 1 atom stereocenters. The molecule has 0 amide bonds. The van der Waals surface area contributed by atoms with Crippen molar-refractivity contribution in [2.24, 2.45) is 0 Å². The van der Waals surface area contributed by atoms with Crippen LogP contribution in [0.1, 0.15) is 18.5 Å². The monoisotopic (exact) mass is 350 g/mol. The van der Waals surface area contributed by atoms with Crippen LogP contribution in [0.5, 0.6) is 11.5 Å². The number of hydrogen-bond acceptors (Lipinski definition) is 6. The lowest BCUT2D eigenvalue weighted by Crippen LogP contribution is -2.08. The van der Waals surface area contributed by atoms with Gasteiger partial charge in [-0.15, -0.1) is 0 Å². The lowest BCUT2D eigenvalue weighted by Gasteiger charge is -2.16. The summed E-state index contributed by atoms with van der Waals surface area (Å²) in [5.74, 6) is 2.84. The fraction of sp³-hybridized carbons (Fsp3) is 0.200. The van der Waals surface area contributed by atoms with Crippen LogP contribution in [0, 0.1) is 0 Å². The van der Waals surface area contributed by atoms with Crippen LogP contribution in [0.25, 0.3) is 0 Å². The molecule has 0 aliphatic rings. The van der Waals surface area contributed by atoms with E-state index in [9.17, 15) is 0 Å². The second-order valence-electron chi connectivity index (χ2n) is 5.76. The van der Waals surface area contributed by atoms with Gasteiger partial charge in [0.1, 0.15) is 29.5 Å². The minimum absolute atomic E-state index is 0.130. The molecule has 0 saturated heterocycles. The fourth-order valence-corrected chi connectivity index (χ4v) is 2.60. The summed E-state index contributed by atoms with van der Waals surface area (Å²) in [7, 11) is 3.25. The van der Waals surface area contributed by atoms with Gasteiger partial charge >= 0.3 is 0 Å². The van der Waals surface area contributed by atoms with Gasteiger partial charge in [-0.25, -0.2) is 9.97 Å². The molecule has 3 rings (SSSR count). The maximum atomic E-state index is 5.39. The first-order valence-electron chi connectivity index (χ1n) is 8.32. The van der Waals surface area contributed by atoms with Crippen LogP contribution in [0.2, 0.25) is 0 Å². The number of hydrogen-bond donors (Lipinski definition) is 2. The third-order valence-corrected chi connectivity index (χ3v) is 4.00. The van der Waals surface area contributed by atoms with Crippen LogP contribution >= 0.6 is 0 Å². The molecule has 1 aromatic heterocycles. The minimum Gasteiger partial charge on any atom is -0.497 e. The van der Waals surface area contributed by atoms with Gasteiger partial charge in [-0.3, -0.25) is 0 Å². The summed E-state index contributed by atoms with van der Waals surface area (Å²) >= 11 is 0. The Hall–Kier alpha value is -3.28. The Morgan fingerprint density at radius 1 is 0.885 bits per heavy atom. The molecule has 6 nitrogen and oxygen atoms in total. The first-order valence-corrected chi connectivity index (χ1v) is 8.32. The topological polar surface area (TPSA) is 68.3 Å². The van der Waals surface area contributed by atoms with Gasteiger partial charge < -0.3 is 20.1 Å². The molecule has 0 spiro atoms. The van der Waals surface area contributed by atoms with Gasteiger partial charge in [0.25, 0.3) is 0 Å². The summed E-state index contributed by atoms with van der Waals surface area (Å²) in [5, 5.41) is 6.64. The van der Waals surface area contributed by atoms with Gasteiger partial charge in [0.05, 0.1) is 19.9 Å². The zero-order valence-electron chi connectivity index (χ0n) is 15.1. The molecule has 0 aliphatic heterocycles. The molecule has 0 saturated carbocycles. The molecule has 6 heteroatoms. The Balaban J connectivity index is 1.77. The molecule has 3 aromatic rings. The zero-order valence-corrected chi connectivity index (χ0v) is 15.1. The lowest BCUT2D eigenvalue weighted by atomic mass is 10.1. The van der Waals surface area contributed by atoms with Crippen molar-refractivity contribution in [3.63, 3.8) is 0 Å². The Morgan fingerprint density at radius 2 is 1.65 bits per heavy atom. The van der Waals surface area contributed by atoms with E-state index in [1.54, 1.807) is 14.2 Å². The zero-order chi connectivity index (χ0) is 18.4. The van der Waals surface area contributed by atoms with E-state index in [0.29, 0.717) is 11.6 Å². The van der Waals surface area contributed by atoms with Crippen LogP contribution in [0.3, 0.4) is 0 Å².